The maximum atomic E-state index is 13.2. The average molecular weight is 459 g/mol. The highest BCUT2D eigenvalue weighted by Gasteiger charge is 2.22. The highest BCUT2D eigenvalue weighted by Crippen LogP contribution is 2.24. The molecule has 3 aromatic rings. The van der Waals surface area contributed by atoms with Crippen molar-refractivity contribution in [3.8, 4) is 5.75 Å². The molecule has 5 nitrogen and oxygen atoms in total. The highest BCUT2D eigenvalue weighted by atomic mass is 35.5. The van der Waals surface area contributed by atoms with E-state index in [1.807, 2.05) is 48.5 Å². The zero-order chi connectivity index (χ0) is 22.2. The fraction of sp³-hybridized carbons (Fsp3) is 0.250. The Morgan fingerprint density at radius 3 is 2.55 bits per heavy atom. The lowest BCUT2D eigenvalue weighted by Gasteiger charge is -2.26. The number of methoxy groups -OCH3 is 1. The van der Waals surface area contributed by atoms with Crippen LogP contribution in [0.3, 0.4) is 0 Å². The maximum Gasteiger partial charge on any atom is 0.252 e. The van der Waals surface area contributed by atoms with Gasteiger partial charge < -0.3 is 14.4 Å². The molecule has 0 fully saturated rings. The van der Waals surface area contributed by atoms with Gasteiger partial charge in [-0.15, -0.1) is 0 Å². The molecule has 0 saturated carbocycles. The normalized spacial score (nSPS) is 11.7. The zero-order valence-corrected chi connectivity index (χ0v) is 18.9. The first-order valence-corrected chi connectivity index (χ1v) is 10.6. The fourth-order valence-corrected chi connectivity index (χ4v) is 3.39. The Kier molecular flexibility index (Phi) is 8.29. The number of aromatic nitrogens is 1. The Morgan fingerprint density at radius 2 is 1.84 bits per heavy atom. The smallest absolute Gasteiger partial charge is 0.252 e. The van der Waals surface area contributed by atoms with Crippen LogP contribution in [0.25, 0.3) is 0 Å². The number of carbonyl (C=O) groups is 1. The third-order valence-electron chi connectivity index (χ3n) is 4.73. The van der Waals surface area contributed by atoms with Gasteiger partial charge in [-0.1, -0.05) is 47.5 Å². The molecular weight excluding hydrogens is 435 g/mol. The van der Waals surface area contributed by atoms with Crippen molar-refractivity contribution in [3.63, 3.8) is 0 Å². The molecule has 1 unspecified atom stereocenters. The summed E-state index contributed by atoms with van der Waals surface area (Å²) in [6.07, 6.45) is 1.07. The van der Waals surface area contributed by atoms with Crippen molar-refractivity contribution in [2.75, 3.05) is 7.11 Å². The highest BCUT2D eigenvalue weighted by molar-refractivity contribution is 6.42. The van der Waals surface area contributed by atoms with E-state index in [2.05, 4.69) is 4.98 Å². The standard InChI is InChI=1S/C24H24Cl2N2O3/c1-17(31-16-19-6-5-8-21(12-19)30-2)24(29)28(15-20-7-3-4-11-27-20)14-18-9-10-22(25)23(26)13-18/h3-13,17H,14-16H2,1-2H3. The predicted octanol–water partition coefficient (Wildman–Crippen LogP) is 5.53. The van der Waals surface area contributed by atoms with Crippen molar-refractivity contribution in [3.05, 3.63) is 93.7 Å². The average Bonchev–Trinajstić information content (AvgIpc) is 2.79. The first-order valence-electron chi connectivity index (χ1n) is 9.83. The van der Waals surface area contributed by atoms with E-state index < -0.39 is 6.10 Å². The summed E-state index contributed by atoms with van der Waals surface area (Å²) in [5.41, 5.74) is 2.59. The molecule has 1 aromatic heterocycles. The minimum absolute atomic E-state index is 0.139. The van der Waals surface area contributed by atoms with Crippen molar-refractivity contribution in [1.29, 1.82) is 0 Å². The van der Waals surface area contributed by atoms with Gasteiger partial charge >= 0.3 is 0 Å². The zero-order valence-electron chi connectivity index (χ0n) is 17.4. The van der Waals surface area contributed by atoms with Crippen molar-refractivity contribution >= 4 is 29.1 Å². The van der Waals surface area contributed by atoms with E-state index in [1.165, 1.54) is 0 Å². The van der Waals surface area contributed by atoms with Gasteiger partial charge in [-0.3, -0.25) is 9.78 Å². The number of nitrogens with zero attached hydrogens (tertiary/aromatic N) is 2. The predicted molar refractivity (Wildman–Crippen MR) is 122 cm³/mol. The lowest BCUT2D eigenvalue weighted by atomic mass is 10.2. The van der Waals surface area contributed by atoms with E-state index in [-0.39, 0.29) is 5.91 Å². The molecule has 1 heterocycles. The van der Waals surface area contributed by atoms with Gasteiger partial charge in [0.1, 0.15) is 11.9 Å². The number of hydrogen-bond donors (Lipinski definition) is 0. The van der Waals surface area contributed by atoms with Gasteiger partial charge in [0.15, 0.2) is 0 Å². The molecule has 0 spiro atoms. The quantitative estimate of drug-likeness (QED) is 0.422. The van der Waals surface area contributed by atoms with Gasteiger partial charge in [0.2, 0.25) is 0 Å². The van der Waals surface area contributed by atoms with E-state index in [9.17, 15) is 4.79 Å². The van der Waals surface area contributed by atoms with Crippen molar-refractivity contribution in [2.24, 2.45) is 0 Å². The molecule has 31 heavy (non-hydrogen) atoms. The SMILES string of the molecule is COc1cccc(COC(C)C(=O)N(Cc2ccc(Cl)c(Cl)c2)Cc2ccccn2)c1. The Balaban J connectivity index is 1.72. The molecule has 2 aromatic carbocycles. The minimum Gasteiger partial charge on any atom is -0.497 e. The van der Waals surface area contributed by atoms with Gasteiger partial charge in [-0.05, 0) is 54.4 Å². The first kappa shape index (κ1) is 23.1. The second-order valence-corrected chi connectivity index (χ2v) is 7.88. The number of benzene rings is 2. The molecule has 0 radical (unpaired) electrons. The minimum atomic E-state index is -0.641. The van der Waals surface area contributed by atoms with Crippen LogP contribution in [-0.2, 0) is 29.2 Å². The van der Waals surface area contributed by atoms with Gasteiger partial charge in [0, 0.05) is 12.7 Å². The molecule has 0 bridgehead atoms. The van der Waals surface area contributed by atoms with Gasteiger partial charge in [-0.25, -0.2) is 0 Å². The number of ether oxygens (including phenoxy) is 2. The van der Waals surface area contributed by atoms with E-state index in [4.69, 9.17) is 32.7 Å². The molecule has 0 aliphatic rings. The van der Waals surface area contributed by atoms with E-state index in [1.54, 1.807) is 37.3 Å². The first-order chi connectivity index (χ1) is 15.0. The molecule has 3 rings (SSSR count). The molecule has 0 N–H and O–H groups in total. The van der Waals surface area contributed by atoms with Crippen molar-refractivity contribution < 1.29 is 14.3 Å². The summed E-state index contributed by atoms with van der Waals surface area (Å²) >= 11 is 12.2. The Bertz CT molecular complexity index is 1010. The fourth-order valence-electron chi connectivity index (χ4n) is 3.07. The molecule has 0 aliphatic heterocycles. The van der Waals surface area contributed by atoms with Crippen molar-refractivity contribution in [2.45, 2.75) is 32.7 Å². The van der Waals surface area contributed by atoms with Crippen LogP contribution in [0.4, 0.5) is 0 Å². The summed E-state index contributed by atoms with van der Waals surface area (Å²) in [6, 6.07) is 18.5. The Labute approximate surface area is 192 Å². The summed E-state index contributed by atoms with van der Waals surface area (Å²) in [6.45, 7) is 2.77. The number of carbonyl (C=O) groups excluding carboxylic acids is 1. The molecule has 7 heteroatoms. The van der Waals surface area contributed by atoms with Crippen LogP contribution in [0.1, 0.15) is 23.7 Å². The largest absolute Gasteiger partial charge is 0.497 e. The van der Waals surface area contributed by atoms with Gasteiger partial charge in [0.25, 0.3) is 5.91 Å². The molecule has 162 valence electrons. The third kappa shape index (κ3) is 6.69. The summed E-state index contributed by atoms with van der Waals surface area (Å²) in [5, 5.41) is 0.926. The topological polar surface area (TPSA) is 51.7 Å². The summed E-state index contributed by atoms with van der Waals surface area (Å²) < 4.78 is 11.1. The number of pyridine rings is 1. The van der Waals surface area contributed by atoms with Gasteiger partial charge in [-0.2, -0.15) is 0 Å². The van der Waals surface area contributed by atoms with Crippen LogP contribution in [0.15, 0.2) is 66.9 Å². The summed E-state index contributed by atoms with van der Waals surface area (Å²) in [7, 11) is 1.62. The third-order valence-corrected chi connectivity index (χ3v) is 5.47. The number of halogens is 2. The lowest BCUT2D eigenvalue weighted by molar-refractivity contribution is -0.144. The number of amides is 1. The number of rotatable bonds is 9. The van der Waals surface area contributed by atoms with E-state index in [0.717, 1.165) is 22.6 Å². The molecular formula is C24H24Cl2N2O3. The van der Waals surface area contributed by atoms with Crippen molar-refractivity contribution in [1.82, 2.24) is 9.88 Å². The Hall–Kier alpha value is -2.60. The second kappa shape index (κ2) is 11.1. The second-order valence-electron chi connectivity index (χ2n) is 7.07. The van der Waals surface area contributed by atoms with E-state index >= 15 is 0 Å². The van der Waals surface area contributed by atoms with Crippen LogP contribution >= 0.6 is 23.2 Å². The summed E-state index contributed by atoms with van der Waals surface area (Å²) in [5.74, 6) is 0.607. The molecule has 0 aliphatic carbocycles. The van der Waals surface area contributed by atoms with E-state index in [0.29, 0.717) is 29.7 Å². The molecule has 1 amide bonds. The lowest BCUT2D eigenvalue weighted by Crippen LogP contribution is -2.38. The van der Waals surface area contributed by atoms with Crippen LogP contribution in [0.5, 0.6) is 5.75 Å². The molecule has 0 saturated heterocycles. The molecule has 1 atom stereocenters. The van der Waals surface area contributed by atoms with Gasteiger partial charge in [0.05, 0.1) is 36.0 Å². The van der Waals surface area contributed by atoms with Crippen LogP contribution in [-0.4, -0.2) is 29.0 Å². The Morgan fingerprint density at radius 1 is 1.00 bits per heavy atom. The van der Waals surface area contributed by atoms with Crippen LogP contribution in [0.2, 0.25) is 10.0 Å². The summed E-state index contributed by atoms with van der Waals surface area (Å²) in [4.78, 5) is 19.3. The maximum absolute atomic E-state index is 13.2. The van der Waals surface area contributed by atoms with Crippen LogP contribution in [0, 0.1) is 0 Å². The number of hydrogen-bond acceptors (Lipinski definition) is 4. The monoisotopic (exact) mass is 458 g/mol. The van der Waals surface area contributed by atoms with Crippen LogP contribution < -0.4 is 4.74 Å².